The first-order valence-electron chi connectivity index (χ1n) is 12.7. The van der Waals surface area contributed by atoms with E-state index in [9.17, 15) is 41.5 Å². The largest absolute Gasteiger partial charge is 0.416 e. The lowest BCUT2D eigenvalue weighted by molar-refractivity contribution is -0.137. The van der Waals surface area contributed by atoms with Crippen LogP contribution in [0.4, 0.5) is 28.4 Å². The van der Waals surface area contributed by atoms with Gasteiger partial charge in [0.2, 0.25) is 5.70 Å². The van der Waals surface area contributed by atoms with Gasteiger partial charge in [0.1, 0.15) is 6.04 Å². The van der Waals surface area contributed by atoms with Crippen molar-refractivity contribution in [1.29, 1.82) is 5.26 Å². The normalized spacial score (nSPS) is 19.0. The molecule has 0 bridgehead atoms. The number of carbonyl (C=O) groups is 2. The van der Waals surface area contributed by atoms with Gasteiger partial charge < -0.3 is 10.4 Å². The molecule has 10 nitrogen and oxygen atoms in total. The number of hydrogen-bond acceptors (Lipinski definition) is 6. The monoisotopic (exact) mass is 601 g/mol. The van der Waals surface area contributed by atoms with E-state index >= 15 is 0 Å². The summed E-state index contributed by atoms with van der Waals surface area (Å²) in [6, 6.07) is 5.35. The molecule has 2 aromatic rings. The summed E-state index contributed by atoms with van der Waals surface area (Å²) in [6.07, 6.45) is -1.77. The number of anilines is 1. The summed E-state index contributed by atoms with van der Waals surface area (Å²) in [7, 11) is -4.08. The molecule has 0 saturated heterocycles. The van der Waals surface area contributed by atoms with Crippen molar-refractivity contribution in [3.63, 3.8) is 0 Å². The van der Waals surface area contributed by atoms with Crippen molar-refractivity contribution < 1.29 is 36.3 Å². The Labute approximate surface area is 240 Å². The van der Waals surface area contributed by atoms with E-state index in [1.165, 1.54) is 25.1 Å². The number of aliphatic hydroxyl groups is 1. The number of alkyl halides is 3. The Hall–Kier alpha value is -4.40. The third kappa shape index (κ3) is 5.55. The van der Waals surface area contributed by atoms with Gasteiger partial charge in [0.05, 0.1) is 40.8 Å². The molecule has 1 fully saturated rings. The number of urea groups is 2. The minimum absolute atomic E-state index is 0.0295. The molecule has 220 valence electrons. The predicted molar refractivity (Wildman–Crippen MR) is 144 cm³/mol. The maximum absolute atomic E-state index is 14.1. The third-order valence-electron chi connectivity index (χ3n) is 7.46. The van der Waals surface area contributed by atoms with E-state index in [0.717, 1.165) is 29.4 Å². The zero-order valence-corrected chi connectivity index (χ0v) is 23.4. The van der Waals surface area contributed by atoms with Gasteiger partial charge in [-0.2, -0.15) is 18.4 Å². The van der Waals surface area contributed by atoms with Crippen molar-refractivity contribution in [2.75, 3.05) is 17.8 Å². The number of carbonyl (C=O) groups excluding carboxylic acids is 2. The fourth-order valence-corrected chi connectivity index (χ4v) is 6.32. The summed E-state index contributed by atoms with van der Waals surface area (Å²) >= 11 is 0. The number of rotatable bonds is 5. The van der Waals surface area contributed by atoms with Gasteiger partial charge in [-0.1, -0.05) is 25.0 Å². The van der Waals surface area contributed by atoms with Gasteiger partial charge >= 0.3 is 18.2 Å². The third-order valence-corrected chi connectivity index (χ3v) is 8.62. The number of aliphatic hydroxyl groups excluding tert-OH is 1. The van der Waals surface area contributed by atoms with Crippen molar-refractivity contribution >= 4 is 27.6 Å². The number of hydrogen-bond donors (Lipinski definition) is 2. The molecule has 1 saturated carbocycles. The van der Waals surface area contributed by atoms with Gasteiger partial charge in [-0.3, -0.25) is 4.90 Å². The fraction of sp³-hybridized carbons (Fsp3) is 0.357. The lowest BCUT2D eigenvalue weighted by Gasteiger charge is -2.42. The molecule has 0 unspecified atom stereocenters. The van der Waals surface area contributed by atoms with Crippen LogP contribution in [0.5, 0.6) is 0 Å². The topological polar surface area (TPSA) is 135 Å². The molecule has 1 heterocycles. The Morgan fingerprint density at radius 1 is 1.24 bits per heavy atom. The van der Waals surface area contributed by atoms with Gasteiger partial charge in [-0.15, -0.1) is 0 Å². The van der Waals surface area contributed by atoms with Crippen molar-refractivity contribution in [2.45, 2.75) is 55.3 Å². The molecule has 2 aromatic carbocycles. The molecule has 0 radical (unpaired) electrons. The number of imide groups is 1. The van der Waals surface area contributed by atoms with Crippen molar-refractivity contribution in [3.05, 3.63) is 82.0 Å². The van der Waals surface area contributed by atoms with E-state index in [1.807, 2.05) is 6.07 Å². The number of benzene rings is 2. The van der Waals surface area contributed by atoms with Crippen molar-refractivity contribution in [3.8, 4) is 6.07 Å². The predicted octanol–water partition coefficient (Wildman–Crippen LogP) is 5.13. The molecule has 1 aliphatic carbocycles. The molecule has 0 aromatic heterocycles. The quantitative estimate of drug-likeness (QED) is 0.457. The number of halogens is 3. The minimum Gasteiger partial charge on any atom is -0.394 e. The lowest BCUT2D eigenvalue weighted by Crippen LogP contribution is -2.60. The summed E-state index contributed by atoms with van der Waals surface area (Å²) in [5, 5.41) is 22.1. The van der Waals surface area contributed by atoms with Gasteiger partial charge in [0.25, 0.3) is 0 Å². The Morgan fingerprint density at radius 2 is 1.90 bits per heavy atom. The highest BCUT2D eigenvalue weighted by Crippen LogP contribution is 2.43. The minimum atomic E-state index is -4.75. The Bertz CT molecular complexity index is 1670. The highest BCUT2D eigenvalue weighted by Gasteiger charge is 2.47. The van der Waals surface area contributed by atoms with Gasteiger partial charge in [-0.05, 0) is 55.7 Å². The molecule has 1 atom stereocenters. The van der Waals surface area contributed by atoms with E-state index in [-0.39, 0.29) is 28.2 Å². The zero-order valence-electron chi connectivity index (χ0n) is 22.6. The van der Waals surface area contributed by atoms with E-state index in [2.05, 4.69) is 10.2 Å². The Morgan fingerprint density at radius 3 is 2.45 bits per heavy atom. The molecule has 14 heteroatoms. The number of nitrogens with zero attached hydrogens (tertiary/aromatic N) is 4. The average molecular weight is 602 g/mol. The standard InChI is InChI=1S/C28H26F3N5O5S/c1-17-23(33-2)24(21-10-9-18(15-32)13-22(21)42(3,40)41)36(25(38)34-27(16-37)11-4-5-12-27)26(39)35(17)20-8-6-7-19(14-20)28(29,30)31/h6-10,13-14,24,37H,4-5,11-12,16H2,1,3H3,(H,34,38)/t24-/m1/s1. The molecule has 1 aliphatic heterocycles. The molecule has 42 heavy (non-hydrogen) atoms. The second-order valence-electron chi connectivity index (χ2n) is 10.2. The van der Waals surface area contributed by atoms with E-state index in [4.69, 9.17) is 6.57 Å². The summed E-state index contributed by atoms with van der Waals surface area (Å²) in [5.41, 5.74) is -3.05. The van der Waals surface area contributed by atoms with Crippen LogP contribution in [0.25, 0.3) is 4.85 Å². The number of allylic oxidation sites excluding steroid dienone is 1. The first-order chi connectivity index (χ1) is 19.7. The lowest BCUT2D eigenvalue weighted by atomic mass is 9.96. The first-order valence-corrected chi connectivity index (χ1v) is 14.6. The van der Waals surface area contributed by atoms with Crippen LogP contribution in [0.2, 0.25) is 0 Å². The average Bonchev–Trinajstić information content (AvgIpc) is 3.40. The van der Waals surface area contributed by atoms with Crippen molar-refractivity contribution in [2.24, 2.45) is 0 Å². The van der Waals surface area contributed by atoms with Crippen LogP contribution in [-0.2, 0) is 16.0 Å². The van der Waals surface area contributed by atoms with Crippen LogP contribution in [0, 0.1) is 17.9 Å². The summed E-state index contributed by atoms with van der Waals surface area (Å²) in [5.74, 6) is 0. The molecule has 2 N–H and O–H groups in total. The van der Waals surface area contributed by atoms with Gasteiger partial charge in [0.15, 0.2) is 9.84 Å². The Balaban J connectivity index is 1.99. The first kappa shape index (κ1) is 30.6. The summed E-state index contributed by atoms with van der Waals surface area (Å²) in [4.78, 5) is 32.6. The molecular formula is C28H26F3N5O5S. The van der Waals surface area contributed by atoms with Crippen LogP contribution in [-0.4, -0.2) is 48.9 Å². The van der Waals surface area contributed by atoms with Crippen LogP contribution in [0.15, 0.2) is 58.8 Å². The fourth-order valence-electron chi connectivity index (χ4n) is 5.37. The second-order valence-corrected chi connectivity index (χ2v) is 12.2. The summed E-state index contributed by atoms with van der Waals surface area (Å²) in [6.45, 7) is 8.80. The Kier molecular flexibility index (Phi) is 8.09. The van der Waals surface area contributed by atoms with Crippen molar-refractivity contribution in [1.82, 2.24) is 10.2 Å². The molecule has 2 aliphatic rings. The van der Waals surface area contributed by atoms with Gasteiger partial charge in [-0.25, -0.2) is 27.8 Å². The SMILES string of the molecule is [C-]#[N+]C1=C(C)N(c2cccc(C(F)(F)F)c2)C(=O)N(C(=O)NC2(CO)CCCC2)[C@@H]1c1ccc(C#N)cc1S(C)(=O)=O. The number of nitriles is 1. The zero-order chi connectivity index (χ0) is 31.0. The number of nitrogens with one attached hydrogen (secondary N) is 1. The maximum atomic E-state index is 14.1. The van der Waals surface area contributed by atoms with E-state index in [1.54, 1.807) is 0 Å². The van der Waals surface area contributed by atoms with Crippen LogP contribution in [0.3, 0.4) is 0 Å². The molecule has 4 amide bonds. The summed E-state index contributed by atoms with van der Waals surface area (Å²) < 4.78 is 66.3. The number of amides is 4. The van der Waals surface area contributed by atoms with Crippen LogP contribution in [0.1, 0.15) is 55.3 Å². The molecule has 4 rings (SSSR count). The number of sulfone groups is 1. The van der Waals surface area contributed by atoms with Gasteiger partial charge in [0, 0.05) is 17.6 Å². The molecule has 0 spiro atoms. The van der Waals surface area contributed by atoms with Crippen LogP contribution >= 0.6 is 0 Å². The highest BCUT2D eigenvalue weighted by atomic mass is 32.2. The van der Waals surface area contributed by atoms with E-state index in [0.29, 0.717) is 36.6 Å². The second kappa shape index (κ2) is 11.1. The molecular weight excluding hydrogens is 575 g/mol. The maximum Gasteiger partial charge on any atom is 0.416 e. The smallest absolute Gasteiger partial charge is 0.394 e. The van der Waals surface area contributed by atoms with E-state index < -0.39 is 56.7 Å². The van der Waals surface area contributed by atoms with Crippen LogP contribution < -0.4 is 10.2 Å². The highest BCUT2D eigenvalue weighted by molar-refractivity contribution is 7.90.